The van der Waals surface area contributed by atoms with E-state index in [1.165, 1.54) is 0 Å². The minimum Gasteiger partial charge on any atom is -0.481 e. The second kappa shape index (κ2) is 4.07. The number of aliphatic carboxylic acids is 1. The topological polar surface area (TPSA) is 57.6 Å². The van der Waals surface area contributed by atoms with Crippen molar-refractivity contribution in [2.24, 2.45) is 11.8 Å². The van der Waals surface area contributed by atoms with Crippen molar-refractivity contribution in [3.63, 3.8) is 0 Å². The van der Waals surface area contributed by atoms with Crippen molar-refractivity contribution in [1.29, 1.82) is 0 Å². The Morgan fingerprint density at radius 2 is 1.50 bits per heavy atom. The first-order valence-corrected chi connectivity index (χ1v) is 6.07. The largest absolute Gasteiger partial charge is 0.481 e. The minimum atomic E-state index is -0.816. The molecule has 4 atom stereocenters. The van der Waals surface area contributed by atoms with Crippen molar-refractivity contribution >= 4 is 11.9 Å². The Labute approximate surface area is 95.6 Å². The number of carboxylic acids is 1. The molecule has 0 bridgehead atoms. The molecule has 1 saturated carbocycles. The molecule has 1 amide bonds. The van der Waals surface area contributed by atoms with Gasteiger partial charge in [0.2, 0.25) is 5.91 Å². The van der Waals surface area contributed by atoms with Gasteiger partial charge in [0, 0.05) is 12.1 Å². The average Bonchev–Trinajstić information content (AvgIpc) is 2.42. The summed E-state index contributed by atoms with van der Waals surface area (Å²) in [6.45, 7) is 4.10. The van der Waals surface area contributed by atoms with Gasteiger partial charge >= 0.3 is 5.97 Å². The van der Waals surface area contributed by atoms with Crippen LogP contribution in [0, 0.1) is 11.8 Å². The van der Waals surface area contributed by atoms with E-state index in [4.69, 9.17) is 5.11 Å². The third kappa shape index (κ3) is 1.70. The van der Waals surface area contributed by atoms with Crippen LogP contribution in [0.4, 0.5) is 0 Å². The van der Waals surface area contributed by atoms with Crippen LogP contribution in [0.25, 0.3) is 0 Å². The van der Waals surface area contributed by atoms with Crippen LogP contribution < -0.4 is 0 Å². The molecule has 4 unspecified atom stereocenters. The van der Waals surface area contributed by atoms with E-state index in [-0.39, 0.29) is 23.9 Å². The Kier molecular flexibility index (Phi) is 2.91. The molecular weight excluding hydrogens is 206 g/mol. The number of carbonyl (C=O) groups is 2. The molecule has 0 aromatic heterocycles. The zero-order valence-electron chi connectivity index (χ0n) is 9.85. The summed E-state index contributed by atoms with van der Waals surface area (Å²) >= 11 is 0. The van der Waals surface area contributed by atoms with Gasteiger partial charge in [-0.15, -0.1) is 0 Å². The molecule has 0 radical (unpaired) electrons. The molecule has 2 aliphatic rings. The molecule has 2 fully saturated rings. The average molecular weight is 225 g/mol. The highest BCUT2D eigenvalue weighted by atomic mass is 16.4. The van der Waals surface area contributed by atoms with Gasteiger partial charge in [-0.3, -0.25) is 9.59 Å². The van der Waals surface area contributed by atoms with Gasteiger partial charge < -0.3 is 10.0 Å². The maximum absolute atomic E-state index is 12.2. The van der Waals surface area contributed by atoms with Crippen LogP contribution in [-0.2, 0) is 9.59 Å². The molecule has 16 heavy (non-hydrogen) atoms. The van der Waals surface area contributed by atoms with Crippen molar-refractivity contribution in [2.45, 2.75) is 51.6 Å². The van der Waals surface area contributed by atoms with Gasteiger partial charge in [0.25, 0.3) is 0 Å². The number of amides is 1. The number of hydrogen-bond donors (Lipinski definition) is 1. The van der Waals surface area contributed by atoms with Crippen LogP contribution in [-0.4, -0.2) is 34.0 Å². The van der Waals surface area contributed by atoms with Crippen LogP contribution in [0.2, 0.25) is 0 Å². The summed E-state index contributed by atoms with van der Waals surface area (Å²) in [4.78, 5) is 25.0. The summed E-state index contributed by atoms with van der Waals surface area (Å²) in [7, 11) is 0. The fraction of sp³-hybridized carbons (Fsp3) is 0.833. The first-order chi connectivity index (χ1) is 7.52. The second-order valence-electron chi connectivity index (χ2n) is 5.15. The number of carbonyl (C=O) groups excluding carboxylic acids is 1. The maximum Gasteiger partial charge on any atom is 0.307 e. The summed E-state index contributed by atoms with van der Waals surface area (Å²) in [6.07, 6.45) is 3.48. The number of likely N-dealkylation sites (tertiary alicyclic amines) is 1. The Bertz CT molecular complexity index is 305. The lowest BCUT2D eigenvalue weighted by atomic mass is 9.72. The molecule has 1 aliphatic carbocycles. The quantitative estimate of drug-likeness (QED) is 0.774. The lowest BCUT2D eigenvalue weighted by Crippen LogP contribution is -2.49. The Morgan fingerprint density at radius 1 is 1.00 bits per heavy atom. The van der Waals surface area contributed by atoms with E-state index in [1.54, 1.807) is 0 Å². The molecule has 4 nitrogen and oxygen atoms in total. The van der Waals surface area contributed by atoms with E-state index < -0.39 is 11.9 Å². The van der Waals surface area contributed by atoms with Gasteiger partial charge in [-0.25, -0.2) is 0 Å². The monoisotopic (exact) mass is 225 g/mol. The highest BCUT2D eigenvalue weighted by Crippen LogP contribution is 2.38. The SMILES string of the molecule is CC1CCC(C)N1C(=O)C1CCC1C(=O)O. The van der Waals surface area contributed by atoms with Crippen LogP contribution >= 0.6 is 0 Å². The smallest absolute Gasteiger partial charge is 0.307 e. The summed E-state index contributed by atoms with van der Waals surface area (Å²) in [5.41, 5.74) is 0. The Morgan fingerprint density at radius 3 is 1.88 bits per heavy atom. The molecule has 0 aromatic carbocycles. The molecule has 90 valence electrons. The Balaban J connectivity index is 2.05. The molecule has 1 N–H and O–H groups in total. The van der Waals surface area contributed by atoms with E-state index in [2.05, 4.69) is 13.8 Å². The van der Waals surface area contributed by atoms with E-state index >= 15 is 0 Å². The van der Waals surface area contributed by atoms with E-state index in [0.29, 0.717) is 6.42 Å². The van der Waals surface area contributed by atoms with Gasteiger partial charge in [-0.2, -0.15) is 0 Å². The van der Waals surface area contributed by atoms with Crippen molar-refractivity contribution in [3.05, 3.63) is 0 Å². The van der Waals surface area contributed by atoms with Crippen molar-refractivity contribution in [3.8, 4) is 0 Å². The van der Waals surface area contributed by atoms with Gasteiger partial charge in [0.1, 0.15) is 0 Å². The van der Waals surface area contributed by atoms with Gasteiger partial charge in [-0.05, 0) is 39.5 Å². The van der Waals surface area contributed by atoms with Crippen LogP contribution in [0.1, 0.15) is 39.5 Å². The van der Waals surface area contributed by atoms with Gasteiger partial charge in [0.15, 0.2) is 0 Å². The van der Waals surface area contributed by atoms with Crippen molar-refractivity contribution in [2.75, 3.05) is 0 Å². The Hall–Kier alpha value is -1.06. The first-order valence-electron chi connectivity index (χ1n) is 6.07. The van der Waals surface area contributed by atoms with E-state index in [1.807, 2.05) is 4.90 Å². The van der Waals surface area contributed by atoms with Crippen LogP contribution in [0.3, 0.4) is 0 Å². The highest BCUT2D eigenvalue weighted by Gasteiger charge is 2.45. The third-order valence-corrected chi connectivity index (χ3v) is 4.12. The highest BCUT2D eigenvalue weighted by molar-refractivity contribution is 5.86. The number of hydrogen-bond acceptors (Lipinski definition) is 2. The summed E-state index contributed by atoms with van der Waals surface area (Å²) in [5, 5.41) is 8.96. The lowest BCUT2D eigenvalue weighted by molar-refractivity contribution is -0.157. The molecular formula is C12H19NO3. The van der Waals surface area contributed by atoms with Crippen molar-refractivity contribution in [1.82, 2.24) is 4.90 Å². The van der Waals surface area contributed by atoms with E-state index in [0.717, 1.165) is 19.3 Å². The molecule has 4 heteroatoms. The molecule has 1 heterocycles. The van der Waals surface area contributed by atoms with E-state index in [9.17, 15) is 9.59 Å². The van der Waals surface area contributed by atoms with Crippen LogP contribution in [0.5, 0.6) is 0 Å². The zero-order valence-corrected chi connectivity index (χ0v) is 9.85. The van der Waals surface area contributed by atoms with Crippen LogP contribution in [0.15, 0.2) is 0 Å². The summed E-state index contributed by atoms with van der Waals surface area (Å²) in [5.74, 6) is -1.45. The predicted octanol–water partition coefficient (Wildman–Crippen LogP) is 1.50. The normalized spacial score (nSPS) is 38.2. The summed E-state index contributed by atoms with van der Waals surface area (Å²) in [6, 6.07) is 0.551. The number of carboxylic acid groups (broad SMARTS) is 1. The molecule has 1 aliphatic heterocycles. The predicted molar refractivity (Wildman–Crippen MR) is 58.9 cm³/mol. The maximum atomic E-state index is 12.2. The van der Waals surface area contributed by atoms with Crippen molar-refractivity contribution < 1.29 is 14.7 Å². The minimum absolute atomic E-state index is 0.0659. The molecule has 2 rings (SSSR count). The van der Waals surface area contributed by atoms with Gasteiger partial charge in [-0.1, -0.05) is 0 Å². The lowest BCUT2D eigenvalue weighted by Gasteiger charge is -2.38. The number of rotatable bonds is 2. The third-order valence-electron chi connectivity index (χ3n) is 4.12. The fourth-order valence-electron chi connectivity index (χ4n) is 2.91. The molecule has 0 spiro atoms. The second-order valence-corrected chi connectivity index (χ2v) is 5.15. The first kappa shape index (κ1) is 11.4. The molecule has 0 aromatic rings. The standard InChI is InChI=1S/C12H19NO3/c1-7-3-4-8(2)13(7)11(14)9-5-6-10(9)12(15)16/h7-10H,3-6H2,1-2H3,(H,15,16). The summed E-state index contributed by atoms with van der Waals surface area (Å²) < 4.78 is 0. The fourth-order valence-corrected chi connectivity index (χ4v) is 2.91. The molecule has 1 saturated heterocycles. The number of nitrogens with zero attached hydrogens (tertiary/aromatic N) is 1. The zero-order chi connectivity index (χ0) is 11.9. The van der Waals surface area contributed by atoms with Gasteiger partial charge in [0.05, 0.1) is 11.8 Å².